The molecule has 1 aliphatic rings. The first-order chi connectivity index (χ1) is 8.61. The van der Waals surface area contributed by atoms with Gasteiger partial charge >= 0.3 is 0 Å². The molecule has 2 nitrogen and oxygen atoms in total. The van der Waals surface area contributed by atoms with Crippen LogP contribution in [0.4, 0.5) is 4.39 Å². The van der Waals surface area contributed by atoms with Crippen LogP contribution >= 0.6 is 23.2 Å². The summed E-state index contributed by atoms with van der Waals surface area (Å²) in [6, 6.07) is 4.14. The first-order valence-corrected chi connectivity index (χ1v) is 6.83. The third kappa shape index (κ3) is 2.96. The number of halogens is 3. The maximum Gasteiger partial charge on any atom is 0.256 e. The predicted molar refractivity (Wildman–Crippen MR) is 70.8 cm³/mol. The van der Waals surface area contributed by atoms with Crippen molar-refractivity contribution in [1.29, 1.82) is 0 Å². The van der Waals surface area contributed by atoms with Crippen LogP contribution in [0.15, 0.2) is 18.2 Å². The largest absolute Gasteiger partial charge is 0.338 e. The van der Waals surface area contributed by atoms with Gasteiger partial charge in [0.25, 0.3) is 5.91 Å². The molecule has 98 valence electrons. The summed E-state index contributed by atoms with van der Waals surface area (Å²) in [7, 11) is 0. The summed E-state index contributed by atoms with van der Waals surface area (Å²) in [5.74, 6) is 0.207. The van der Waals surface area contributed by atoms with Gasteiger partial charge in [0, 0.05) is 24.0 Å². The average molecular weight is 290 g/mol. The van der Waals surface area contributed by atoms with E-state index >= 15 is 0 Å². The van der Waals surface area contributed by atoms with E-state index in [4.69, 9.17) is 23.2 Å². The van der Waals surface area contributed by atoms with Gasteiger partial charge in [-0.05, 0) is 37.0 Å². The minimum absolute atomic E-state index is 0.0888. The molecule has 1 heterocycles. The van der Waals surface area contributed by atoms with Crippen molar-refractivity contribution in [3.63, 3.8) is 0 Å². The lowest BCUT2D eigenvalue weighted by molar-refractivity contribution is 0.0782. The fraction of sp³-hybridized carbons (Fsp3) is 0.462. The zero-order valence-corrected chi connectivity index (χ0v) is 11.3. The molecule has 0 N–H and O–H groups in total. The molecule has 0 aromatic heterocycles. The first kappa shape index (κ1) is 13.6. The third-order valence-electron chi connectivity index (χ3n) is 3.25. The molecule has 0 aliphatic carbocycles. The Bertz CT molecular complexity index is 453. The molecule has 1 amide bonds. The van der Waals surface area contributed by atoms with Crippen molar-refractivity contribution in [3.05, 3.63) is 34.6 Å². The van der Waals surface area contributed by atoms with Crippen LogP contribution in [-0.4, -0.2) is 29.8 Å². The van der Waals surface area contributed by atoms with Gasteiger partial charge in [0.1, 0.15) is 5.82 Å². The molecule has 0 spiro atoms. The molecular formula is C13H14Cl2FNO. The summed E-state index contributed by atoms with van der Waals surface area (Å²) in [5, 5.41) is 0.297. The fourth-order valence-corrected chi connectivity index (χ4v) is 2.71. The Kier molecular flexibility index (Phi) is 4.46. The Balaban J connectivity index is 2.08. The maximum absolute atomic E-state index is 13.6. The summed E-state index contributed by atoms with van der Waals surface area (Å²) < 4.78 is 13.6. The highest BCUT2D eigenvalue weighted by Gasteiger charge is 2.27. The summed E-state index contributed by atoms with van der Waals surface area (Å²) in [4.78, 5) is 13.8. The minimum atomic E-state index is -0.562. The van der Waals surface area contributed by atoms with Crippen LogP contribution in [0.3, 0.4) is 0 Å². The molecule has 18 heavy (non-hydrogen) atoms. The summed E-state index contributed by atoms with van der Waals surface area (Å²) in [6.45, 7) is 1.33. The van der Waals surface area contributed by atoms with Gasteiger partial charge in [-0.3, -0.25) is 4.79 Å². The number of carbonyl (C=O) groups is 1. The van der Waals surface area contributed by atoms with Crippen molar-refractivity contribution < 1.29 is 9.18 Å². The van der Waals surface area contributed by atoms with Crippen LogP contribution in [0.2, 0.25) is 5.02 Å². The van der Waals surface area contributed by atoms with Crippen molar-refractivity contribution >= 4 is 29.1 Å². The Morgan fingerprint density at radius 1 is 1.50 bits per heavy atom. The summed E-state index contributed by atoms with van der Waals surface area (Å²) >= 11 is 11.4. The van der Waals surface area contributed by atoms with Gasteiger partial charge in [0.2, 0.25) is 0 Å². The third-order valence-corrected chi connectivity index (χ3v) is 3.71. The Labute approximate surface area is 116 Å². The SMILES string of the molecule is O=C(c1ccc(Cl)cc1F)N1CCC(CCCl)C1. The fourth-order valence-electron chi connectivity index (χ4n) is 2.24. The van der Waals surface area contributed by atoms with Crippen LogP contribution in [-0.2, 0) is 0 Å². The van der Waals surface area contributed by atoms with Gasteiger partial charge in [-0.1, -0.05) is 11.6 Å². The first-order valence-electron chi connectivity index (χ1n) is 5.92. The maximum atomic E-state index is 13.6. The molecule has 0 saturated carbocycles. The molecule has 1 aromatic carbocycles. The van der Waals surface area contributed by atoms with E-state index < -0.39 is 5.82 Å². The Morgan fingerprint density at radius 3 is 2.94 bits per heavy atom. The van der Waals surface area contributed by atoms with Crippen LogP contribution in [0, 0.1) is 11.7 Å². The van der Waals surface area contributed by atoms with E-state index in [1.54, 1.807) is 4.90 Å². The summed E-state index contributed by atoms with van der Waals surface area (Å²) in [5.41, 5.74) is 0.0888. The number of rotatable bonds is 3. The van der Waals surface area contributed by atoms with Crippen LogP contribution in [0.1, 0.15) is 23.2 Å². The van der Waals surface area contributed by atoms with Gasteiger partial charge in [-0.25, -0.2) is 4.39 Å². The topological polar surface area (TPSA) is 20.3 Å². The number of carbonyl (C=O) groups excluding carboxylic acids is 1. The Morgan fingerprint density at radius 2 is 2.28 bits per heavy atom. The molecule has 1 fully saturated rings. The van der Waals surface area contributed by atoms with E-state index in [0.717, 1.165) is 12.8 Å². The van der Waals surface area contributed by atoms with E-state index in [-0.39, 0.29) is 11.5 Å². The quantitative estimate of drug-likeness (QED) is 0.779. The van der Waals surface area contributed by atoms with Crippen molar-refractivity contribution in [2.75, 3.05) is 19.0 Å². The predicted octanol–water partition coefficient (Wildman–Crippen LogP) is 3.57. The molecule has 1 atom stereocenters. The van der Waals surface area contributed by atoms with E-state index in [2.05, 4.69) is 0 Å². The highest BCUT2D eigenvalue weighted by atomic mass is 35.5. The number of likely N-dealkylation sites (tertiary alicyclic amines) is 1. The van der Waals surface area contributed by atoms with Crippen molar-refractivity contribution in [2.45, 2.75) is 12.8 Å². The molecule has 1 aromatic rings. The summed E-state index contributed by atoms with van der Waals surface area (Å²) in [6.07, 6.45) is 1.84. The number of nitrogens with zero attached hydrogens (tertiary/aromatic N) is 1. The van der Waals surface area contributed by atoms with Gasteiger partial charge in [-0.15, -0.1) is 11.6 Å². The van der Waals surface area contributed by atoms with Gasteiger partial charge in [0.05, 0.1) is 5.56 Å². The molecule has 1 saturated heterocycles. The second kappa shape index (κ2) is 5.89. The van der Waals surface area contributed by atoms with E-state index in [1.165, 1.54) is 18.2 Å². The van der Waals surface area contributed by atoms with E-state index in [1.807, 2.05) is 0 Å². The second-order valence-electron chi connectivity index (χ2n) is 4.51. The van der Waals surface area contributed by atoms with Crippen LogP contribution in [0.5, 0.6) is 0 Å². The zero-order valence-electron chi connectivity index (χ0n) is 9.83. The number of alkyl halides is 1. The smallest absolute Gasteiger partial charge is 0.256 e. The molecular weight excluding hydrogens is 276 g/mol. The van der Waals surface area contributed by atoms with Crippen molar-refractivity contribution in [2.24, 2.45) is 5.92 Å². The molecule has 0 radical (unpaired) electrons. The molecule has 2 rings (SSSR count). The molecule has 0 bridgehead atoms. The standard InChI is InChI=1S/C13H14Cl2FNO/c14-5-3-9-4-6-17(8-9)13(18)11-2-1-10(15)7-12(11)16/h1-2,7,9H,3-6,8H2. The molecule has 1 aliphatic heterocycles. The lowest BCUT2D eigenvalue weighted by Gasteiger charge is -2.16. The number of hydrogen-bond acceptors (Lipinski definition) is 1. The highest BCUT2D eigenvalue weighted by molar-refractivity contribution is 6.30. The van der Waals surface area contributed by atoms with E-state index in [9.17, 15) is 9.18 Å². The van der Waals surface area contributed by atoms with Gasteiger partial charge in [0.15, 0.2) is 0 Å². The highest BCUT2D eigenvalue weighted by Crippen LogP contribution is 2.23. The normalized spacial score (nSPS) is 19.3. The lowest BCUT2D eigenvalue weighted by Crippen LogP contribution is -2.29. The van der Waals surface area contributed by atoms with E-state index in [0.29, 0.717) is 29.9 Å². The van der Waals surface area contributed by atoms with Crippen LogP contribution < -0.4 is 0 Å². The second-order valence-corrected chi connectivity index (χ2v) is 5.32. The van der Waals surface area contributed by atoms with Crippen molar-refractivity contribution in [3.8, 4) is 0 Å². The van der Waals surface area contributed by atoms with Crippen molar-refractivity contribution in [1.82, 2.24) is 4.90 Å². The monoisotopic (exact) mass is 289 g/mol. The van der Waals surface area contributed by atoms with Gasteiger partial charge in [-0.2, -0.15) is 0 Å². The number of hydrogen-bond donors (Lipinski definition) is 0. The average Bonchev–Trinajstić information content (AvgIpc) is 2.77. The zero-order chi connectivity index (χ0) is 13.1. The Hall–Kier alpha value is -0.800. The van der Waals surface area contributed by atoms with Gasteiger partial charge < -0.3 is 4.90 Å². The molecule has 1 unspecified atom stereocenters. The lowest BCUT2D eigenvalue weighted by atomic mass is 10.1. The minimum Gasteiger partial charge on any atom is -0.338 e. The number of amides is 1. The number of benzene rings is 1. The van der Waals surface area contributed by atoms with Crippen LogP contribution in [0.25, 0.3) is 0 Å². The molecule has 5 heteroatoms.